The standard InChI is InChI=1S/C17H23N3O4/c1-6-9(4)14(17(22)23)19-15(21)11-7-10(5)18-16-12(11)13(8(2)3)20-24-16/h7-9,14H,6H2,1-5H3,(H,19,21)(H,22,23)/t9-,14-/m0/s1. The van der Waals surface area contributed by atoms with E-state index >= 15 is 0 Å². The van der Waals surface area contributed by atoms with E-state index in [0.717, 1.165) is 0 Å². The summed E-state index contributed by atoms with van der Waals surface area (Å²) in [5.41, 5.74) is 1.88. The maximum absolute atomic E-state index is 12.7. The molecule has 0 aliphatic carbocycles. The summed E-state index contributed by atoms with van der Waals surface area (Å²) in [6, 6.07) is 0.685. The van der Waals surface area contributed by atoms with Crippen LogP contribution in [0.3, 0.4) is 0 Å². The number of fused-ring (bicyclic) bond motifs is 1. The third kappa shape index (κ3) is 3.39. The number of hydrogen-bond donors (Lipinski definition) is 2. The van der Waals surface area contributed by atoms with Crippen molar-refractivity contribution in [3.05, 3.63) is 23.0 Å². The molecule has 0 bridgehead atoms. The van der Waals surface area contributed by atoms with Gasteiger partial charge in [-0.25, -0.2) is 9.78 Å². The summed E-state index contributed by atoms with van der Waals surface area (Å²) in [5.74, 6) is -1.64. The van der Waals surface area contributed by atoms with Gasteiger partial charge in [0.1, 0.15) is 6.04 Å². The number of aliphatic carboxylic acids is 1. The zero-order valence-corrected chi connectivity index (χ0v) is 14.6. The Hall–Kier alpha value is -2.44. The van der Waals surface area contributed by atoms with E-state index in [-0.39, 0.29) is 11.8 Å². The first kappa shape index (κ1) is 17.9. The second kappa shape index (κ2) is 6.98. The van der Waals surface area contributed by atoms with Gasteiger partial charge >= 0.3 is 5.97 Å². The number of pyridine rings is 1. The number of aryl methyl sites for hydroxylation is 1. The quantitative estimate of drug-likeness (QED) is 0.842. The summed E-state index contributed by atoms with van der Waals surface area (Å²) in [7, 11) is 0. The number of hydrogen-bond acceptors (Lipinski definition) is 5. The minimum atomic E-state index is -1.05. The Morgan fingerprint density at radius 3 is 2.54 bits per heavy atom. The van der Waals surface area contributed by atoms with E-state index in [0.29, 0.717) is 34.5 Å². The molecular formula is C17H23N3O4. The van der Waals surface area contributed by atoms with Crippen LogP contribution in [0.15, 0.2) is 10.6 Å². The van der Waals surface area contributed by atoms with Gasteiger partial charge in [0.15, 0.2) is 0 Å². The number of amides is 1. The minimum absolute atomic E-state index is 0.0483. The fourth-order valence-corrected chi connectivity index (χ4v) is 2.57. The highest BCUT2D eigenvalue weighted by molar-refractivity contribution is 6.07. The molecule has 0 saturated carbocycles. The van der Waals surface area contributed by atoms with Gasteiger partial charge in [0.2, 0.25) is 0 Å². The van der Waals surface area contributed by atoms with Crippen molar-refractivity contribution in [1.82, 2.24) is 15.5 Å². The van der Waals surface area contributed by atoms with Crippen molar-refractivity contribution in [2.45, 2.75) is 53.0 Å². The van der Waals surface area contributed by atoms with E-state index in [2.05, 4.69) is 15.5 Å². The second-order valence-corrected chi connectivity index (χ2v) is 6.39. The summed E-state index contributed by atoms with van der Waals surface area (Å²) in [5, 5.41) is 16.6. The Balaban J connectivity index is 2.48. The van der Waals surface area contributed by atoms with Gasteiger partial charge < -0.3 is 14.9 Å². The van der Waals surface area contributed by atoms with Crippen molar-refractivity contribution in [3.63, 3.8) is 0 Å². The molecule has 7 nitrogen and oxygen atoms in total. The maximum Gasteiger partial charge on any atom is 0.326 e. The van der Waals surface area contributed by atoms with Gasteiger partial charge in [-0.1, -0.05) is 39.3 Å². The molecule has 2 rings (SSSR count). The number of aromatic nitrogens is 2. The third-order valence-electron chi connectivity index (χ3n) is 4.16. The van der Waals surface area contributed by atoms with Gasteiger partial charge in [-0.2, -0.15) is 0 Å². The van der Waals surface area contributed by atoms with Gasteiger partial charge in [-0.05, 0) is 24.8 Å². The Bertz CT molecular complexity index is 767. The molecule has 0 spiro atoms. The molecule has 1 amide bonds. The van der Waals surface area contributed by atoms with Crippen molar-refractivity contribution in [1.29, 1.82) is 0 Å². The molecule has 2 N–H and O–H groups in total. The Morgan fingerprint density at radius 1 is 1.33 bits per heavy atom. The molecule has 24 heavy (non-hydrogen) atoms. The predicted octanol–water partition coefficient (Wildman–Crippen LogP) is 2.88. The van der Waals surface area contributed by atoms with Crippen LogP contribution in [0.1, 0.15) is 61.8 Å². The SMILES string of the molecule is CC[C@H](C)[C@H](NC(=O)c1cc(C)nc2onc(C(C)C)c12)C(=O)O. The number of carboxylic acid groups (broad SMARTS) is 1. The van der Waals surface area contributed by atoms with E-state index in [1.807, 2.05) is 20.8 Å². The highest BCUT2D eigenvalue weighted by Gasteiger charge is 2.28. The molecule has 2 aromatic heterocycles. The molecule has 130 valence electrons. The number of nitrogens with one attached hydrogen (secondary N) is 1. The number of carbonyl (C=O) groups is 2. The van der Waals surface area contributed by atoms with Crippen LogP contribution >= 0.6 is 0 Å². The summed E-state index contributed by atoms with van der Waals surface area (Å²) in [4.78, 5) is 28.5. The van der Waals surface area contributed by atoms with Crippen LogP contribution in [-0.4, -0.2) is 33.2 Å². The molecule has 0 aliphatic rings. The summed E-state index contributed by atoms with van der Waals surface area (Å²) >= 11 is 0. The zero-order valence-electron chi connectivity index (χ0n) is 14.6. The van der Waals surface area contributed by atoms with Crippen LogP contribution in [0.4, 0.5) is 0 Å². The van der Waals surface area contributed by atoms with Crippen molar-refractivity contribution in [2.24, 2.45) is 5.92 Å². The molecule has 0 aliphatic heterocycles. The van der Waals surface area contributed by atoms with Crippen molar-refractivity contribution >= 4 is 23.0 Å². The average Bonchev–Trinajstić information content (AvgIpc) is 2.94. The monoisotopic (exact) mass is 333 g/mol. The summed E-state index contributed by atoms with van der Waals surface area (Å²) < 4.78 is 5.25. The van der Waals surface area contributed by atoms with Crippen LogP contribution in [0, 0.1) is 12.8 Å². The fraction of sp³-hybridized carbons (Fsp3) is 0.529. The third-order valence-corrected chi connectivity index (χ3v) is 4.16. The van der Waals surface area contributed by atoms with Crippen molar-refractivity contribution in [3.8, 4) is 0 Å². The first-order valence-electron chi connectivity index (χ1n) is 8.06. The van der Waals surface area contributed by atoms with Crippen LogP contribution in [0.2, 0.25) is 0 Å². The Labute approximate surface area is 140 Å². The topological polar surface area (TPSA) is 105 Å². The number of rotatable bonds is 6. The lowest BCUT2D eigenvalue weighted by Gasteiger charge is -2.20. The fourth-order valence-electron chi connectivity index (χ4n) is 2.57. The highest BCUT2D eigenvalue weighted by Crippen LogP contribution is 2.27. The predicted molar refractivity (Wildman–Crippen MR) is 89.0 cm³/mol. The van der Waals surface area contributed by atoms with Gasteiger partial charge in [-0.3, -0.25) is 4.79 Å². The van der Waals surface area contributed by atoms with E-state index in [9.17, 15) is 14.7 Å². The number of carbonyl (C=O) groups excluding carboxylic acids is 1. The minimum Gasteiger partial charge on any atom is -0.480 e. The molecule has 0 aromatic carbocycles. The van der Waals surface area contributed by atoms with Gasteiger partial charge in [0.25, 0.3) is 11.6 Å². The zero-order chi connectivity index (χ0) is 18.0. The molecule has 0 fully saturated rings. The van der Waals surface area contributed by atoms with Crippen molar-refractivity contribution in [2.75, 3.05) is 0 Å². The first-order valence-corrected chi connectivity index (χ1v) is 8.06. The smallest absolute Gasteiger partial charge is 0.326 e. The Kier molecular flexibility index (Phi) is 5.21. The molecule has 0 radical (unpaired) electrons. The van der Waals surface area contributed by atoms with Gasteiger partial charge in [-0.15, -0.1) is 0 Å². The van der Waals surface area contributed by atoms with Crippen LogP contribution in [0.5, 0.6) is 0 Å². The average molecular weight is 333 g/mol. The normalized spacial score (nSPS) is 13.9. The molecule has 2 heterocycles. The van der Waals surface area contributed by atoms with Gasteiger partial charge in [0, 0.05) is 5.69 Å². The van der Waals surface area contributed by atoms with E-state index in [4.69, 9.17) is 4.52 Å². The van der Waals surface area contributed by atoms with Crippen LogP contribution < -0.4 is 5.32 Å². The summed E-state index contributed by atoms with van der Waals surface area (Å²) in [6.45, 7) is 9.32. The van der Waals surface area contributed by atoms with E-state index in [1.165, 1.54) is 0 Å². The summed E-state index contributed by atoms with van der Waals surface area (Å²) in [6.07, 6.45) is 0.645. The van der Waals surface area contributed by atoms with Crippen molar-refractivity contribution < 1.29 is 19.2 Å². The maximum atomic E-state index is 12.7. The molecular weight excluding hydrogens is 310 g/mol. The van der Waals surface area contributed by atoms with E-state index in [1.54, 1.807) is 19.9 Å². The number of carboxylic acids is 1. The second-order valence-electron chi connectivity index (χ2n) is 6.39. The largest absolute Gasteiger partial charge is 0.480 e. The van der Waals surface area contributed by atoms with Crippen LogP contribution in [0.25, 0.3) is 11.1 Å². The Morgan fingerprint density at radius 2 is 2.00 bits per heavy atom. The lowest BCUT2D eigenvalue weighted by Crippen LogP contribution is -2.45. The van der Waals surface area contributed by atoms with E-state index < -0.39 is 17.9 Å². The molecule has 2 aromatic rings. The molecule has 0 unspecified atom stereocenters. The molecule has 7 heteroatoms. The highest BCUT2D eigenvalue weighted by atomic mass is 16.5. The molecule has 0 saturated heterocycles. The molecule has 2 atom stereocenters. The van der Waals surface area contributed by atoms with Gasteiger partial charge in [0.05, 0.1) is 16.6 Å². The lowest BCUT2D eigenvalue weighted by atomic mass is 9.98. The first-order chi connectivity index (χ1) is 11.3. The lowest BCUT2D eigenvalue weighted by molar-refractivity contribution is -0.140. The van der Waals surface area contributed by atoms with Crippen LogP contribution in [-0.2, 0) is 4.79 Å². The number of nitrogens with zero attached hydrogens (tertiary/aromatic N) is 2.